The van der Waals surface area contributed by atoms with Crippen molar-refractivity contribution in [1.29, 1.82) is 0 Å². The van der Waals surface area contributed by atoms with Crippen molar-refractivity contribution in [3.05, 3.63) is 34.8 Å². The van der Waals surface area contributed by atoms with Crippen molar-refractivity contribution < 1.29 is 4.52 Å². The van der Waals surface area contributed by atoms with E-state index in [0.717, 1.165) is 10.0 Å². The van der Waals surface area contributed by atoms with Crippen LogP contribution >= 0.6 is 15.9 Å². The van der Waals surface area contributed by atoms with Gasteiger partial charge in [0.2, 0.25) is 5.82 Å². The molecule has 3 rings (SSSR count). The lowest BCUT2D eigenvalue weighted by molar-refractivity contribution is 0.431. The molecule has 1 aromatic carbocycles. The molecule has 0 unspecified atom stereocenters. The number of halogens is 1. The van der Waals surface area contributed by atoms with E-state index in [2.05, 4.69) is 36.3 Å². The number of nitrogen functional groups attached to an aromatic ring is 1. The van der Waals surface area contributed by atoms with E-state index in [0.29, 0.717) is 23.2 Å². The Bertz CT molecular complexity index is 690. The molecule has 0 aliphatic heterocycles. The number of H-pyrrole nitrogens is 1. The van der Waals surface area contributed by atoms with Gasteiger partial charge in [-0.1, -0.05) is 33.2 Å². The lowest BCUT2D eigenvalue weighted by atomic mass is 10.2. The number of anilines is 1. The summed E-state index contributed by atoms with van der Waals surface area (Å²) in [5, 5.41) is 10.4. The zero-order chi connectivity index (χ0) is 12.5. The van der Waals surface area contributed by atoms with Crippen LogP contribution in [-0.4, -0.2) is 20.3 Å². The Labute approximate surface area is 110 Å². The van der Waals surface area contributed by atoms with Crippen LogP contribution in [-0.2, 0) is 0 Å². The number of rotatable bonds is 2. The first-order valence-electron chi connectivity index (χ1n) is 5.13. The van der Waals surface area contributed by atoms with E-state index in [-0.39, 0.29) is 0 Å². The summed E-state index contributed by atoms with van der Waals surface area (Å²) in [6.07, 6.45) is 0. The van der Waals surface area contributed by atoms with Gasteiger partial charge in [0.15, 0.2) is 0 Å². The van der Waals surface area contributed by atoms with Gasteiger partial charge in [0.05, 0.1) is 0 Å². The number of nitrogens with zero attached hydrogens (tertiary/aromatic N) is 3. The van der Waals surface area contributed by atoms with Crippen LogP contribution < -0.4 is 5.73 Å². The maximum Gasteiger partial charge on any atom is 0.276 e. The average molecular weight is 306 g/mol. The molecule has 0 fully saturated rings. The minimum absolute atomic E-state index is 0.356. The Morgan fingerprint density at radius 2 is 2.17 bits per heavy atom. The lowest BCUT2D eigenvalue weighted by Gasteiger charge is -1.93. The summed E-state index contributed by atoms with van der Waals surface area (Å²) in [6.45, 7) is 0. The highest BCUT2D eigenvalue weighted by molar-refractivity contribution is 9.10. The molecule has 0 spiro atoms. The van der Waals surface area contributed by atoms with Gasteiger partial charge in [-0.2, -0.15) is 10.1 Å². The molecule has 0 aliphatic carbocycles. The van der Waals surface area contributed by atoms with Crippen molar-refractivity contribution >= 4 is 21.7 Å². The van der Waals surface area contributed by atoms with Crippen molar-refractivity contribution in [3.63, 3.8) is 0 Å². The topological polar surface area (TPSA) is 93.6 Å². The summed E-state index contributed by atoms with van der Waals surface area (Å²) in [5.74, 6) is 1.25. The van der Waals surface area contributed by atoms with Crippen LogP contribution in [0.25, 0.3) is 23.0 Å². The van der Waals surface area contributed by atoms with Crippen LogP contribution in [0, 0.1) is 0 Å². The van der Waals surface area contributed by atoms with Gasteiger partial charge in [0.25, 0.3) is 5.89 Å². The average Bonchev–Trinajstić information content (AvgIpc) is 2.97. The summed E-state index contributed by atoms with van der Waals surface area (Å²) in [4.78, 5) is 4.28. The van der Waals surface area contributed by atoms with E-state index >= 15 is 0 Å². The molecular weight excluding hydrogens is 298 g/mol. The Morgan fingerprint density at radius 3 is 2.89 bits per heavy atom. The van der Waals surface area contributed by atoms with Crippen molar-refractivity contribution in [2.24, 2.45) is 0 Å². The summed E-state index contributed by atoms with van der Waals surface area (Å²) < 4.78 is 6.11. The molecule has 0 saturated carbocycles. The predicted octanol–water partition coefficient (Wildman–Crippen LogP) is 2.47. The van der Waals surface area contributed by atoms with E-state index in [1.54, 1.807) is 6.07 Å². The molecule has 0 atom stereocenters. The van der Waals surface area contributed by atoms with Gasteiger partial charge < -0.3 is 10.3 Å². The predicted molar refractivity (Wildman–Crippen MR) is 69.4 cm³/mol. The zero-order valence-corrected chi connectivity index (χ0v) is 10.7. The number of hydrogen-bond donors (Lipinski definition) is 2. The number of aromatic nitrogens is 4. The van der Waals surface area contributed by atoms with Gasteiger partial charge in [-0.3, -0.25) is 5.10 Å². The van der Waals surface area contributed by atoms with E-state index in [4.69, 9.17) is 10.3 Å². The first-order chi connectivity index (χ1) is 8.72. The second kappa shape index (κ2) is 4.26. The van der Waals surface area contributed by atoms with Gasteiger partial charge in [0, 0.05) is 16.1 Å². The van der Waals surface area contributed by atoms with Gasteiger partial charge in [-0.25, -0.2) is 0 Å². The summed E-state index contributed by atoms with van der Waals surface area (Å²) in [5.41, 5.74) is 6.98. The first-order valence-corrected chi connectivity index (χ1v) is 5.92. The zero-order valence-electron chi connectivity index (χ0n) is 9.09. The van der Waals surface area contributed by atoms with Crippen LogP contribution in [0.2, 0.25) is 0 Å². The molecule has 0 amide bonds. The van der Waals surface area contributed by atoms with Gasteiger partial charge in [-0.05, 0) is 12.1 Å². The van der Waals surface area contributed by atoms with Crippen LogP contribution in [0.5, 0.6) is 0 Å². The molecule has 18 heavy (non-hydrogen) atoms. The minimum Gasteiger partial charge on any atom is -0.382 e. The third-order valence-electron chi connectivity index (χ3n) is 2.34. The highest BCUT2D eigenvalue weighted by Gasteiger charge is 2.12. The molecular formula is C11H8BrN5O. The molecule has 0 radical (unpaired) electrons. The summed E-state index contributed by atoms with van der Waals surface area (Å²) >= 11 is 3.40. The van der Waals surface area contributed by atoms with Crippen molar-refractivity contribution in [2.75, 3.05) is 5.73 Å². The molecule has 2 heterocycles. The monoisotopic (exact) mass is 305 g/mol. The molecule has 3 N–H and O–H groups in total. The highest BCUT2D eigenvalue weighted by atomic mass is 79.9. The normalized spacial score (nSPS) is 10.7. The Balaban J connectivity index is 1.99. The first kappa shape index (κ1) is 11.0. The Kier molecular flexibility index (Phi) is 2.60. The number of nitrogens with one attached hydrogen (secondary N) is 1. The SMILES string of the molecule is Nc1cc(-c2nc(-c3cccc(Br)c3)no2)[nH]n1. The van der Waals surface area contributed by atoms with Crippen LogP contribution in [0.4, 0.5) is 5.82 Å². The maximum absolute atomic E-state index is 5.52. The molecule has 6 nitrogen and oxygen atoms in total. The molecule has 0 bridgehead atoms. The fraction of sp³-hybridized carbons (Fsp3) is 0. The largest absolute Gasteiger partial charge is 0.382 e. The molecule has 0 saturated heterocycles. The molecule has 0 aliphatic rings. The maximum atomic E-state index is 5.52. The number of benzene rings is 1. The van der Waals surface area contributed by atoms with Crippen molar-refractivity contribution in [1.82, 2.24) is 20.3 Å². The number of hydrogen-bond acceptors (Lipinski definition) is 5. The van der Waals surface area contributed by atoms with E-state index in [1.165, 1.54) is 0 Å². The van der Waals surface area contributed by atoms with Gasteiger partial charge in [0.1, 0.15) is 11.5 Å². The summed E-state index contributed by atoms with van der Waals surface area (Å²) in [6, 6.07) is 9.29. The van der Waals surface area contributed by atoms with Gasteiger partial charge >= 0.3 is 0 Å². The van der Waals surface area contributed by atoms with E-state index in [1.807, 2.05) is 24.3 Å². The van der Waals surface area contributed by atoms with Crippen LogP contribution in [0.3, 0.4) is 0 Å². The molecule has 7 heteroatoms. The molecule has 3 aromatic rings. The molecule has 90 valence electrons. The molecule has 2 aromatic heterocycles. The fourth-order valence-corrected chi connectivity index (χ4v) is 1.92. The van der Waals surface area contributed by atoms with Crippen molar-refractivity contribution in [2.45, 2.75) is 0 Å². The standard InChI is InChI=1S/C11H8BrN5O/c12-7-3-1-2-6(4-7)10-14-11(18-17-10)8-5-9(13)16-15-8/h1-5H,(H3,13,15,16). The van der Waals surface area contributed by atoms with Gasteiger partial charge in [-0.15, -0.1) is 0 Å². The number of nitrogens with two attached hydrogens (primary N) is 1. The van der Waals surface area contributed by atoms with Crippen LogP contribution in [0.15, 0.2) is 39.3 Å². The second-order valence-corrected chi connectivity index (χ2v) is 4.56. The summed E-state index contributed by atoms with van der Waals surface area (Å²) in [7, 11) is 0. The Hall–Kier alpha value is -2.15. The minimum atomic E-state index is 0.356. The third kappa shape index (κ3) is 2.00. The van der Waals surface area contributed by atoms with E-state index in [9.17, 15) is 0 Å². The Morgan fingerprint density at radius 1 is 1.28 bits per heavy atom. The third-order valence-corrected chi connectivity index (χ3v) is 2.83. The smallest absolute Gasteiger partial charge is 0.276 e. The van der Waals surface area contributed by atoms with E-state index < -0.39 is 0 Å². The number of aromatic amines is 1. The highest BCUT2D eigenvalue weighted by Crippen LogP contribution is 2.23. The van der Waals surface area contributed by atoms with Crippen LogP contribution in [0.1, 0.15) is 0 Å². The van der Waals surface area contributed by atoms with Crippen molar-refractivity contribution in [3.8, 4) is 23.0 Å². The quantitative estimate of drug-likeness (QED) is 0.758. The second-order valence-electron chi connectivity index (χ2n) is 3.64. The fourth-order valence-electron chi connectivity index (χ4n) is 1.52. The lowest BCUT2D eigenvalue weighted by Crippen LogP contribution is -1.81.